The van der Waals surface area contributed by atoms with Crippen LogP contribution in [0.5, 0.6) is 0 Å². The number of sulfonamides is 1. The summed E-state index contributed by atoms with van der Waals surface area (Å²) in [4.78, 5) is 38.0. The number of aliphatic carboxylic acids is 1. The van der Waals surface area contributed by atoms with Gasteiger partial charge >= 0.3 is 5.97 Å². The van der Waals surface area contributed by atoms with Gasteiger partial charge in [-0.3, -0.25) is 14.4 Å². The van der Waals surface area contributed by atoms with Gasteiger partial charge in [-0.05, 0) is 41.7 Å². The van der Waals surface area contributed by atoms with E-state index in [0.717, 1.165) is 24.8 Å². The van der Waals surface area contributed by atoms with Crippen molar-refractivity contribution in [3.8, 4) is 0 Å². The molecular formula is C23H30N6O6S. The highest BCUT2D eigenvalue weighted by atomic mass is 32.2. The van der Waals surface area contributed by atoms with Crippen LogP contribution in [0.4, 0.5) is 0 Å². The molecule has 1 saturated heterocycles. The minimum Gasteiger partial charge on any atom is -0.480 e. The Hall–Kier alpha value is -3.71. The van der Waals surface area contributed by atoms with Crippen LogP contribution in [0.25, 0.3) is 10.8 Å². The first-order chi connectivity index (χ1) is 17.2. The zero-order valence-corrected chi connectivity index (χ0v) is 20.4. The molecular weight excluding hydrogens is 488 g/mol. The van der Waals surface area contributed by atoms with Crippen molar-refractivity contribution in [2.75, 3.05) is 26.2 Å². The van der Waals surface area contributed by atoms with Gasteiger partial charge in [0.15, 0.2) is 0 Å². The molecule has 3 rings (SSSR count). The lowest BCUT2D eigenvalue weighted by Crippen LogP contribution is -2.50. The lowest BCUT2D eigenvalue weighted by molar-refractivity contribution is -0.138. The van der Waals surface area contributed by atoms with Crippen molar-refractivity contribution in [2.24, 2.45) is 16.9 Å². The van der Waals surface area contributed by atoms with Gasteiger partial charge in [-0.25, -0.2) is 8.42 Å². The lowest BCUT2D eigenvalue weighted by atomic mass is 9.98. The lowest BCUT2D eigenvalue weighted by Gasteiger charge is -2.31. The number of piperidine rings is 1. The number of nitrogens with zero attached hydrogens (tertiary/aromatic N) is 2. The molecule has 2 aromatic carbocycles. The molecule has 2 aromatic rings. The van der Waals surface area contributed by atoms with Crippen molar-refractivity contribution in [3.63, 3.8) is 0 Å². The molecule has 0 bridgehead atoms. The zero-order chi connectivity index (χ0) is 26.1. The molecule has 13 heteroatoms. The molecule has 0 aliphatic carbocycles. The summed E-state index contributed by atoms with van der Waals surface area (Å²) < 4.78 is 28.3. The quantitative estimate of drug-likeness (QED) is 0.117. The van der Waals surface area contributed by atoms with Crippen LogP contribution in [0.2, 0.25) is 0 Å². The van der Waals surface area contributed by atoms with Crippen molar-refractivity contribution >= 4 is 44.9 Å². The molecule has 1 heterocycles. The number of amides is 2. The number of hydrogen-bond acceptors (Lipinski definition) is 7. The van der Waals surface area contributed by atoms with Crippen LogP contribution in [0.3, 0.4) is 0 Å². The van der Waals surface area contributed by atoms with Gasteiger partial charge < -0.3 is 26.5 Å². The maximum absolute atomic E-state index is 13.0. The number of nitrogens with one attached hydrogen (secondary N) is 3. The molecule has 0 spiro atoms. The topological polar surface area (TPSA) is 183 Å². The fourth-order valence-corrected chi connectivity index (χ4v) is 5.27. The van der Waals surface area contributed by atoms with Gasteiger partial charge in [-0.2, -0.15) is 9.82 Å². The Morgan fingerprint density at radius 2 is 1.92 bits per heavy atom. The van der Waals surface area contributed by atoms with Crippen LogP contribution in [0, 0.1) is 5.92 Å². The third kappa shape index (κ3) is 7.65. The summed E-state index contributed by atoms with van der Waals surface area (Å²) >= 11 is 0. The van der Waals surface area contributed by atoms with Crippen LogP contribution in [-0.4, -0.2) is 74.8 Å². The molecule has 36 heavy (non-hydrogen) atoms. The van der Waals surface area contributed by atoms with E-state index in [4.69, 9.17) is 10.9 Å². The number of rotatable bonds is 11. The fourth-order valence-electron chi connectivity index (χ4n) is 4.04. The normalized spacial score (nSPS) is 17.1. The van der Waals surface area contributed by atoms with Crippen molar-refractivity contribution in [3.05, 3.63) is 42.5 Å². The summed E-state index contributed by atoms with van der Waals surface area (Å²) in [5.74, 6) is 2.57. The zero-order valence-electron chi connectivity index (χ0n) is 19.6. The molecule has 0 radical (unpaired) electrons. The highest BCUT2D eigenvalue weighted by Gasteiger charge is 2.29. The summed E-state index contributed by atoms with van der Waals surface area (Å²) in [6.45, 7) is 1.08. The Balaban J connectivity index is 1.69. The third-order valence-electron chi connectivity index (χ3n) is 5.82. The fraction of sp³-hybridized carbons (Fsp3) is 0.391. The number of benzene rings is 2. The summed E-state index contributed by atoms with van der Waals surface area (Å²) in [6, 6.07) is 10.2. The van der Waals surface area contributed by atoms with Gasteiger partial charge in [0.2, 0.25) is 21.8 Å². The van der Waals surface area contributed by atoms with Crippen LogP contribution >= 0.6 is 0 Å². The molecule has 12 nitrogen and oxygen atoms in total. The maximum Gasteiger partial charge on any atom is 0.322 e. The van der Waals surface area contributed by atoms with Crippen molar-refractivity contribution in [2.45, 2.75) is 30.2 Å². The van der Waals surface area contributed by atoms with Gasteiger partial charge in [0.25, 0.3) is 0 Å². The van der Waals surface area contributed by atoms with E-state index < -0.39 is 46.8 Å². The number of carboxylic acid groups (broad SMARTS) is 1. The molecule has 0 saturated carbocycles. The van der Waals surface area contributed by atoms with E-state index >= 15 is 0 Å². The number of hydrazone groups is 1. The Labute approximate surface area is 209 Å². The van der Waals surface area contributed by atoms with E-state index in [1.807, 2.05) is 17.0 Å². The Morgan fingerprint density at radius 1 is 1.17 bits per heavy atom. The van der Waals surface area contributed by atoms with Gasteiger partial charge in [-0.1, -0.05) is 30.3 Å². The molecule has 2 atom stereocenters. The molecule has 1 aliphatic heterocycles. The largest absolute Gasteiger partial charge is 0.480 e. The minimum atomic E-state index is -4.20. The van der Waals surface area contributed by atoms with Crippen LogP contribution in [-0.2, 0) is 24.4 Å². The molecule has 194 valence electrons. The van der Waals surface area contributed by atoms with E-state index in [1.165, 1.54) is 12.1 Å². The van der Waals surface area contributed by atoms with Crippen LogP contribution < -0.4 is 21.2 Å². The summed E-state index contributed by atoms with van der Waals surface area (Å²) in [7, 11) is -4.20. The predicted octanol–water partition coefficient (Wildman–Crippen LogP) is -0.192. The number of nitrogens with two attached hydrogens (primary N) is 1. The maximum atomic E-state index is 13.0. The first-order valence-electron chi connectivity index (χ1n) is 11.4. The predicted molar refractivity (Wildman–Crippen MR) is 133 cm³/mol. The second kappa shape index (κ2) is 12.3. The second-order valence-corrected chi connectivity index (χ2v) is 10.3. The van der Waals surface area contributed by atoms with E-state index in [-0.39, 0.29) is 10.8 Å². The SMILES string of the molecule is NN=CN1CCC[C@@H](CNC(=O)C[C@H](NS(=O)(=O)c2ccc3ccccc3c2)C(=O)NCC(=O)O)C1. The van der Waals surface area contributed by atoms with Crippen molar-refractivity contribution in [1.29, 1.82) is 0 Å². The van der Waals surface area contributed by atoms with E-state index in [1.54, 1.807) is 24.5 Å². The first kappa shape index (κ1) is 26.9. The summed E-state index contributed by atoms with van der Waals surface area (Å²) in [5.41, 5.74) is 0. The number of hydrogen-bond donors (Lipinski definition) is 5. The molecule has 1 aliphatic rings. The van der Waals surface area contributed by atoms with Crippen LogP contribution in [0.1, 0.15) is 19.3 Å². The van der Waals surface area contributed by atoms with Crippen molar-refractivity contribution in [1.82, 2.24) is 20.3 Å². The first-order valence-corrected chi connectivity index (χ1v) is 12.9. The Morgan fingerprint density at radius 3 is 2.64 bits per heavy atom. The van der Waals surface area contributed by atoms with Crippen LogP contribution in [0.15, 0.2) is 52.5 Å². The average Bonchev–Trinajstić information content (AvgIpc) is 2.85. The summed E-state index contributed by atoms with van der Waals surface area (Å²) in [6.07, 6.45) is 2.82. The third-order valence-corrected chi connectivity index (χ3v) is 7.29. The summed E-state index contributed by atoms with van der Waals surface area (Å²) in [5, 5.41) is 18.8. The average molecular weight is 519 g/mol. The van der Waals surface area contributed by atoms with Gasteiger partial charge in [0, 0.05) is 19.6 Å². The van der Waals surface area contributed by atoms with Gasteiger partial charge in [-0.15, -0.1) is 0 Å². The molecule has 0 unspecified atom stereocenters. The highest BCUT2D eigenvalue weighted by molar-refractivity contribution is 7.89. The monoisotopic (exact) mass is 518 g/mol. The van der Waals surface area contributed by atoms with Gasteiger partial charge in [0.05, 0.1) is 11.3 Å². The molecule has 2 amide bonds. The van der Waals surface area contributed by atoms with E-state index in [0.29, 0.717) is 18.5 Å². The second-order valence-electron chi connectivity index (χ2n) is 8.57. The molecule has 6 N–H and O–H groups in total. The molecule has 1 fully saturated rings. The smallest absolute Gasteiger partial charge is 0.322 e. The van der Waals surface area contributed by atoms with Gasteiger partial charge in [0.1, 0.15) is 18.9 Å². The highest BCUT2D eigenvalue weighted by Crippen LogP contribution is 2.19. The molecule has 0 aromatic heterocycles. The Bertz CT molecular complexity index is 1230. The minimum absolute atomic E-state index is 0.0819. The number of fused-ring (bicyclic) bond motifs is 1. The Kier molecular flexibility index (Phi) is 9.19. The number of carbonyl (C=O) groups is 3. The number of likely N-dealkylation sites (tertiary alicyclic amines) is 1. The van der Waals surface area contributed by atoms with E-state index in [2.05, 4.69) is 20.5 Å². The van der Waals surface area contributed by atoms with E-state index in [9.17, 15) is 22.8 Å². The number of carbonyl (C=O) groups excluding carboxylic acids is 2. The van der Waals surface area contributed by atoms with Crippen molar-refractivity contribution < 1.29 is 27.9 Å². The number of carboxylic acids is 1. The standard InChI is InChI=1S/C23H30N6O6S/c24-27-15-29-9-3-4-16(14-29)12-25-21(30)11-20(23(33)26-13-22(31)32)28-36(34,35)19-8-7-17-5-1-2-6-18(17)10-19/h1-2,5-8,10,15-16,20,28H,3-4,9,11-14,24H2,(H,25,30)(H,26,33)(H,31,32)/t16-,20-/m0/s1.